The number of benzene rings is 1. The normalized spacial score (nSPS) is 21.7. The molecule has 2 aliphatic rings. The highest BCUT2D eigenvalue weighted by Crippen LogP contribution is 2.27. The molecule has 2 fully saturated rings. The molecule has 31 heavy (non-hydrogen) atoms. The van der Waals surface area contributed by atoms with Crippen LogP contribution in [0.4, 0.5) is 0 Å². The molecule has 7 heteroatoms. The standard InChI is InChI=1S/C24H36N4O3/c1-17(25-2)22(29)27-21(18-10-5-3-6-11-18)23(30)26-20-14-9-15-28(16-20)24(31)19-12-7-4-8-13-19/h4,7-8,12-13,17-18,20-21,25H,3,5-6,9-11,14-16H2,1-2H3,(H,26,30)(H,27,29)/t17-,20-,21-/m0/s1. The Balaban J connectivity index is 1.64. The van der Waals surface area contributed by atoms with E-state index in [1.807, 2.05) is 35.2 Å². The van der Waals surface area contributed by atoms with Crippen molar-refractivity contribution in [3.63, 3.8) is 0 Å². The third-order valence-electron chi connectivity index (χ3n) is 6.60. The van der Waals surface area contributed by atoms with Gasteiger partial charge in [0.1, 0.15) is 6.04 Å². The van der Waals surface area contributed by atoms with Gasteiger partial charge in [0.25, 0.3) is 5.91 Å². The third-order valence-corrected chi connectivity index (χ3v) is 6.60. The van der Waals surface area contributed by atoms with Gasteiger partial charge >= 0.3 is 0 Å². The molecule has 1 aromatic rings. The van der Waals surface area contributed by atoms with Crippen LogP contribution < -0.4 is 16.0 Å². The van der Waals surface area contributed by atoms with Crippen molar-refractivity contribution in [1.29, 1.82) is 0 Å². The molecule has 0 bridgehead atoms. The summed E-state index contributed by atoms with van der Waals surface area (Å²) in [5, 5.41) is 9.08. The summed E-state index contributed by atoms with van der Waals surface area (Å²) in [6, 6.07) is 8.28. The minimum Gasteiger partial charge on any atom is -0.350 e. The lowest BCUT2D eigenvalue weighted by molar-refractivity contribution is -0.132. The van der Waals surface area contributed by atoms with E-state index in [1.165, 1.54) is 6.42 Å². The first-order valence-corrected chi connectivity index (χ1v) is 11.6. The zero-order valence-electron chi connectivity index (χ0n) is 18.7. The summed E-state index contributed by atoms with van der Waals surface area (Å²) in [5.74, 6) is -0.118. The van der Waals surface area contributed by atoms with Gasteiger partial charge in [-0.05, 0) is 57.7 Å². The van der Waals surface area contributed by atoms with Gasteiger partial charge in [-0.15, -0.1) is 0 Å². The van der Waals surface area contributed by atoms with E-state index in [-0.39, 0.29) is 35.7 Å². The molecule has 3 atom stereocenters. The van der Waals surface area contributed by atoms with Crippen LogP contribution >= 0.6 is 0 Å². The molecule has 0 unspecified atom stereocenters. The summed E-state index contributed by atoms with van der Waals surface area (Å²) >= 11 is 0. The Kier molecular flexibility index (Phi) is 8.46. The molecule has 7 nitrogen and oxygen atoms in total. The predicted molar refractivity (Wildman–Crippen MR) is 121 cm³/mol. The molecule has 1 heterocycles. The van der Waals surface area contributed by atoms with Crippen LogP contribution in [0.15, 0.2) is 30.3 Å². The van der Waals surface area contributed by atoms with Crippen LogP contribution in [0.25, 0.3) is 0 Å². The van der Waals surface area contributed by atoms with Crippen LogP contribution in [-0.4, -0.2) is 60.9 Å². The highest BCUT2D eigenvalue weighted by Gasteiger charge is 2.34. The first kappa shape index (κ1) is 23.3. The van der Waals surface area contributed by atoms with Crippen molar-refractivity contribution in [2.24, 2.45) is 5.92 Å². The molecule has 0 radical (unpaired) electrons. The first-order chi connectivity index (χ1) is 15.0. The number of piperidine rings is 1. The molecule has 1 aromatic carbocycles. The summed E-state index contributed by atoms with van der Waals surface area (Å²) < 4.78 is 0. The molecule has 3 N–H and O–H groups in total. The SMILES string of the molecule is CN[C@@H](C)C(=O)N[C@H](C(=O)N[C@H]1CCCN(C(=O)c2ccccc2)C1)C1CCCCC1. The molecule has 1 aliphatic heterocycles. The molecule has 1 saturated heterocycles. The second-order valence-corrected chi connectivity index (χ2v) is 8.86. The summed E-state index contributed by atoms with van der Waals surface area (Å²) in [7, 11) is 1.74. The maximum atomic E-state index is 13.3. The Morgan fingerprint density at radius 1 is 0.968 bits per heavy atom. The number of nitrogens with one attached hydrogen (secondary N) is 3. The minimum atomic E-state index is -0.524. The number of hydrogen-bond donors (Lipinski definition) is 3. The highest BCUT2D eigenvalue weighted by molar-refractivity contribution is 5.94. The monoisotopic (exact) mass is 428 g/mol. The van der Waals surface area contributed by atoms with Crippen molar-refractivity contribution in [2.45, 2.75) is 70.0 Å². The summed E-state index contributed by atoms with van der Waals surface area (Å²) in [6.45, 7) is 2.99. The number of likely N-dealkylation sites (tertiary alicyclic amines) is 1. The van der Waals surface area contributed by atoms with Crippen molar-refractivity contribution < 1.29 is 14.4 Å². The van der Waals surface area contributed by atoms with Gasteiger partial charge in [-0.2, -0.15) is 0 Å². The molecule has 1 saturated carbocycles. The van der Waals surface area contributed by atoms with Crippen molar-refractivity contribution >= 4 is 17.7 Å². The van der Waals surface area contributed by atoms with Crippen LogP contribution in [0.3, 0.4) is 0 Å². The largest absolute Gasteiger partial charge is 0.350 e. The van der Waals surface area contributed by atoms with Crippen LogP contribution in [0.1, 0.15) is 62.2 Å². The molecular formula is C24H36N4O3. The first-order valence-electron chi connectivity index (χ1n) is 11.6. The molecular weight excluding hydrogens is 392 g/mol. The number of likely N-dealkylation sites (N-methyl/N-ethyl adjacent to an activating group) is 1. The number of rotatable bonds is 7. The van der Waals surface area contributed by atoms with Crippen LogP contribution in [-0.2, 0) is 9.59 Å². The van der Waals surface area contributed by atoms with Crippen molar-refractivity contribution in [3.8, 4) is 0 Å². The van der Waals surface area contributed by atoms with E-state index in [0.717, 1.165) is 38.5 Å². The maximum absolute atomic E-state index is 13.3. The third kappa shape index (κ3) is 6.29. The summed E-state index contributed by atoms with van der Waals surface area (Å²) in [5.41, 5.74) is 0.669. The average molecular weight is 429 g/mol. The Bertz CT molecular complexity index is 748. The van der Waals surface area contributed by atoms with Gasteiger partial charge in [0.05, 0.1) is 6.04 Å². The summed E-state index contributed by atoms with van der Waals surface area (Å²) in [4.78, 5) is 40.4. The number of carbonyl (C=O) groups excluding carboxylic acids is 3. The number of nitrogens with zero attached hydrogens (tertiary/aromatic N) is 1. The lowest BCUT2D eigenvalue weighted by Gasteiger charge is -2.36. The smallest absolute Gasteiger partial charge is 0.253 e. The van der Waals surface area contributed by atoms with E-state index in [1.54, 1.807) is 14.0 Å². The lowest BCUT2D eigenvalue weighted by atomic mass is 9.83. The fourth-order valence-electron chi connectivity index (χ4n) is 4.61. The molecule has 3 amide bonds. The highest BCUT2D eigenvalue weighted by atomic mass is 16.2. The molecule has 0 aromatic heterocycles. The van der Waals surface area contributed by atoms with Gasteiger partial charge in [0.2, 0.25) is 11.8 Å². The van der Waals surface area contributed by atoms with Crippen molar-refractivity contribution in [2.75, 3.05) is 20.1 Å². The average Bonchev–Trinajstić information content (AvgIpc) is 2.82. The van der Waals surface area contributed by atoms with E-state index in [9.17, 15) is 14.4 Å². The van der Waals surface area contributed by atoms with Gasteiger partial charge in [-0.3, -0.25) is 14.4 Å². The quantitative estimate of drug-likeness (QED) is 0.620. The van der Waals surface area contributed by atoms with E-state index in [4.69, 9.17) is 0 Å². The van der Waals surface area contributed by atoms with Gasteiger partial charge in [-0.1, -0.05) is 37.5 Å². The lowest BCUT2D eigenvalue weighted by Crippen LogP contribution is -2.58. The molecule has 1 aliphatic carbocycles. The number of amides is 3. The van der Waals surface area contributed by atoms with Gasteiger partial charge < -0.3 is 20.9 Å². The van der Waals surface area contributed by atoms with E-state index in [2.05, 4.69) is 16.0 Å². The topological polar surface area (TPSA) is 90.5 Å². The second-order valence-electron chi connectivity index (χ2n) is 8.86. The van der Waals surface area contributed by atoms with Gasteiger partial charge in [0.15, 0.2) is 0 Å². The van der Waals surface area contributed by atoms with Crippen LogP contribution in [0.5, 0.6) is 0 Å². The Morgan fingerprint density at radius 3 is 2.35 bits per heavy atom. The zero-order valence-corrected chi connectivity index (χ0v) is 18.7. The fourth-order valence-corrected chi connectivity index (χ4v) is 4.61. The van der Waals surface area contributed by atoms with E-state index >= 15 is 0 Å². The van der Waals surface area contributed by atoms with E-state index < -0.39 is 6.04 Å². The zero-order chi connectivity index (χ0) is 22.2. The molecule has 170 valence electrons. The van der Waals surface area contributed by atoms with Crippen LogP contribution in [0.2, 0.25) is 0 Å². The number of hydrogen-bond acceptors (Lipinski definition) is 4. The molecule has 0 spiro atoms. The fraction of sp³-hybridized carbons (Fsp3) is 0.625. The summed E-state index contributed by atoms with van der Waals surface area (Å²) in [6.07, 6.45) is 6.96. The van der Waals surface area contributed by atoms with Gasteiger partial charge in [-0.25, -0.2) is 0 Å². The Morgan fingerprint density at radius 2 is 1.68 bits per heavy atom. The van der Waals surface area contributed by atoms with Crippen molar-refractivity contribution in [1.82, 2.24) is 20.9 Å². The van der Waals surface area contributed by atoms with Crippen LogP contribution in [0, 0.1) is 5.92 Å². The maximum Gasteiger partial charge on any atom is 0.253 e. The van der Waals surface area contributed by atoms with Gasteiger partial charge in [0, 0.05) is 24.7 Å². The second kappa shape index (κ2) is 11.3. The van der Waals surface area contributed by atoms with Crippen molar-refractivity contribution in [3.05, 3.63) is 35.9 Å². The number of carbonyl (C=O) groups is 3. The Hall–Kier alpha value is -2.41. The minimum absolute atomic E-state index is 0.000438. The van der Waals surface area contributed by atoms with E-state index in [0.29, 0.717) is 18.7 Å². The predicted octanol–water partition coefficient (Wildman–Crippen LogP) is 2.08. The molecule has 3 rings (SSSR count). The Labute approximate surface area is 185 Å².